The van der Waals surface area contributed by atoms with Gasteiger partial charge in [0.2, 0.25) is 8.32 Å². The van der Waals surface area contributed by atoms with Crippen LogP contribution in [0.5, 0.6) is 5.75 Å². The molecule has 2 rings (SSSR count). The molecule has 0 atom stereocenters. The molecule has 2 aromatic carbocycles. The monoisotopic (exact) mass is 353 g/mol. The second-order valence-electron chi connectivity index (χ2n) is 7.57. The van der Waals surface area contributed by atoms with E-state index in [0.29, 0.717) is 0 Å². The molecule has 2 aromatic rings. The third-order valence-corrected chi connectivity index (χ3v) is 9.04. The maximum Gasteiger partial charge on any atom is 0.254 e. The smallest absolute Gasteiger partial charge is 0.254 e. The van der Waals surface area contributed by atoms with Crippen molar-refractivity contribution in [1.29, 1.82) is 0 Å². The first-order valence-corrected chi connectivity index (χ1v) is 11.4. The number of amides is 1. The van der Waals surface area contributed by atoms with Gasteiger partial charge < -0.3 is 4.43 Å². The Hall–Kier alpha value is -2.33. The van der Waals surface area contributed by atoms with Crippen molar-refractivity contribution in [3.8, 4) is 5.75 Å². The molecule has 0 fully saturated rings. The number of nitrogens with zero attached hydrogens (tertiary/aromatic N) is 1. The molecule has 25 heavy (non-hydrogen) atoms. The standard InChI is InChI=1S/C21H27NO2Si/c1-7-20(23)22(17-11-9-8-10-12-17)18-13-15-19(16-14-18)24-25(5,6)21(2,3)4/h7-16H,1H2,2-6H3. The van der Waals surface area contributed by atoms with Crippen molar-refractivity contribution in [2.75, 3.05) is 4.90 Å². The Morgan fingerprint density at radius 2 is 1.52 bits per heavy atom. The first kappa shape index (κ1) is 19.0. The fourth-order valence-corrected chi connectivity index (χ4v) is 3.21. The average molecular weight is 354 g/mol. The summed E-state index contributed by atoms with van der Waals surface area (Å²) in [6, 6.07) is 17.2. The quantitative estimate of drug-likeness (QED) is 0.493. The van der Waals surface area contributed by atoms with Crippen molar-refractivity contribution in [2.45, 2.75) is 38.9 Å². The van der Waals surface area contributed by atoms with Crippen LogP contribution in [0.2, 0.25) is 18.1 Å². The summed E-state index contributed by atoms with van der Waals surface area (Å²) < 4.78 is 6.31. The van der Waals surface area contributed by atoms with E-state index in [2.05, 4.69) is 40.4 Å². The third-order valence-electron chi connectivity index (χ3n) is 4.68. The van der Waals surface area contributed by atoms with Crippen molar-refractivity contribution < 1.29 is 9.22 Å². The lowest BCUT2D eigenvalue weighted by Gasteiger charge is -2.36. The first-order valence-electron chi connectivity index (χ1n) is 8.46. The van der Waals surface area contributed by atoms with E-state index in [1.165, 1.54) is 6.08 Å². The molecule has 0 N–H and O–H groups in total. The van der Waals surface area contributed by atoms with Crippen LogP contribution in [0.1, 0.15) is 20.8 Å². The van der Waals surface area contributed by atoms with Gasteiger partial charge in [0.15, 0.2) is 0 Å². The van der Waals surface area contributed by atoms with Crippen molar-refractivity contribution in [3.63, 3.8) is 0 Å². The van der Waals surface area contributed by atoms with Gasteiger partial charge in [-0.05, 0) is 60.6 Å². The molecule has 0 aliphatic heterocycles. The number of rotatable bonds is 5. The Morgan fingerprint density at radius 1 is 1.00 bits per heavy atom. The SMILES string of the molecule is C=CC(=O)N(c1ccccc1)c1ccc(O[Si](C)(C)C(C)(C)C)cc1. The van der Waals surface area contributed by atoms with Crippen LogP contribution in [0.25, 0.3) is 0 Å². The second kappa shape index (κ2) is 7.27. The number of para-hydroxylation sites is 1. The van der Waals surface area contributed by atoms with Crippen LogP contribution in [-0.4, -0.2) is 14.2 Å². The summed E-state index contributed by atoms with van der Waals surface area (Å²) in [6.07, 6.45) is 1.33. The van der Waals surface area contributed by atoms with Gasteiger partial charge in [0.05, 0.1) is 0 Å². The van der Waals surface area contributed by atoms with E-state index < -0.39 is 8.32 Å². The summed E-state index contributed by atoms with van der Waals surface area (Å²) in [5, 5.41) is 0.139. The van der Waals surface area contributed by atoms with Crippen molar-refractivity contribution >= 4 is 25.6 Å². The highest BCUT2D eigenvalue weighted by molar-refractivity contribution is 6.74. The van der Waals surface area contributed by atoms with Gasteiger partial charge in [0.1, 0.15) is 5.75 Å². The van der Waals surface area contributed by atoms with Crippen LogP contribution in [-0.2, 0) is 4.79 Å². The zero-order chi connectivity index (χ0) is 18.7. The lowest BCUT2D eigenvalue weighted by Crippen LogP contribution is -2.43. The van der Waals surface area contributed by atoms with Gasteiger partial charge in [-0.15, -0.1) is 0 Å². The zero-order valence-corrected chi connectivity index (χ0v) is 16.7. The highest BCUT2D eigenvalue weighted by Gasteiger charge is 2.38. The third kappa shape index (κ3) is 4.40. The molecule has 0 aliphatic rings. The number of benzene rings is 2. The molecule has 132 valence electrons. The van der Waals surface area contributed by atoms with Gasteiger partial charge in [-0.2, -0.15) is 0 Å². The lowest BCUT2D eigenvalue weighted by atomic mass is 10.2. The van der Waals surface area contributed by atoms with E-state index in [-0.39, 0.29) is 10.9 Å². The molecule has 3 nitrogen and oxygen atoms in total. The normalized spacial score (nSPS) is 11.7. The molecular weight excluding hydrogens is 326 g/mol. The summed E-state index contributed by atoms with van der Waals surface area (Å²) in [4.78, 5) is 14.0. The number of hydrogen-bond acceptors (Lipinski definition) is 2. The minimum absolute atomic E-state index is 0.139. The molecule has 1 amide bonds. The topological polar surface area (TPSA) is 29.5 Å². The van der Waals surface area contributed by atoms with Crippen molar-refractivity contribution in [1.82, 2.24) is 0 Å². The minimum Gasteiger partial charge on any atom is -0.544 e. The molecule has 0 saturated carbocycles. The molecule has 0 bridgehead atoms. The van der Waals surface area contributed by atoms with E-state index in [1.54, 1.807) is 4.90 Å². The van der Waals surface area contributed by atoms with Gasteiger partial charge in [0.25, 0.3) is 5.91 Å². The number of hydrogen-bond donors (Lipinski definition) is 0. The maximum absolute atomic E-state index is 12.3. The molecule has 0 aromatic heterocycles. The fraction of sp³-hybridized carbons (Fsp3) is 0.286. The van der Waals surface area contributed by atoms with Crippen LogP contribution < -0.4 is 9.33 Å². The molecular formula is C21H27NO2Si. The van der Waals surface area contributed by atoms with Gasteiger partial charge in [-0.3, -0.25) is 9.69 Å². The molecule has 0 spiro atoms. The van der Waals surface area contributed by atoms with Crippen LogP contribution in [0.3, 0.4) is 0 Å². The van der Waals surface area contributed by atoms with Crippen LogP contribution in [0, 0.1) is 0 Å². The van der Waals surface area contributed by atoms with Crippen LogP contribution in [0.15, 0.2) is 67.3 Å². The summed E-state index contributed by atoms with van der Waals surface area (Å²) >= 11 is 0. The summed E-state index contributed by atoms with van der Waals surface area (Å²) in [7, 11) is -1.88. The van der Waals surface area contributed by atoms with E-state index in [4.69, 9.17) is 4.43 Å². The van der Waals surface area contributed by atoms with Crippen molar-refractivity contribution in [3.05, 3.63) is 67.3 Å². The molecule has 0 saturated heterocycles. The summed E-state index contributed by atoms with van der Waals surface area (Å²) in [5.41, 5.74) is 1.60. The molecule has 4 heteroatoms. The second-order valence-corrected chi connectivity index (χ2v) is 12.3. The van der Waals surface area contributed by atoms with E-state index in [0.717, 1.165) is 17.1 Å². The van der Waals surface area contributed by atoms with Crippen molar-refractivity contribution in [2.24, 2.45) is 0 Å². The van der Waals surface area contributed by atoms with Gasteiger partial charge >= 0.3 is 0 Å². The number of carbonyl (C=O) groups excluding carboxylic acids is 1. The van der Waals surface area contributed by atoms with Crippen LogP contribution >= 0.6 is 0 Å². The maximum atomic E-state index is 12.3. The Kier molecular flexibility index (Phi) is 5.53. The molecule has 0 unspecified atom stereocenters. The Balaban J connectivity index is 2.31. The minimum atomic E-state index is -1.88. The van der Waals surface area contributed by atoms with Gasteiger partial charge in [-0.1, -0.05) is 45.5 Å². The summed E-state index contributed by atoms with van der Waals surface area (Å²) in [5.74, 6) is 0.679. The predicted octanol–water partition coefficient (Wildman–Crippen LogP) is 5.92. The zero-order valence-electron chi connectivity index (χ0n) is 15.7. The Labute approximate surface area is 152 Å². The molecule has 0 radical (unpaired) electrons. The highest BCUT2D eigenvalue weighted by Crippen LogP contribution is 2.38. The average Bonchev–Trinajstić information content (AvgIpc) is 2.56. The molecule has 0 aliphatic carbocycles. The van der Waals surface area contributed by atoms with Gasteiger partial charge in [0, 0.05) is 11.4 Å². The van der Waals surface area contributed by atoms with Crippen LogP contribution in [0.4, 0.5) is 11.4 Å². The van der Waals surface area contributed by atoms with E-state index >= 15 is 0 Å². The van der Waals surface area contributed by atoms with Gasteiger partial charge in [-0.25, -0.2) is 0 Å². The first-order chi connectivity index (χ1) is 11.7. The lowest BCUT2D eigenvalue weighted by molar-refractivity contribution is -0.113. The Bertz CT molecular complexity index is 731. The van der Waals surface area contributed by atoms with E-state index in [1.807, 2.05) is 54.6 Å². The molecule has 0 heterocycles. The largest absolute Gasteiger partial charge is 0.544 e. The summed E-state index contributed by atoms with van der Waals surface area (Å²) in [6.45, 7) is 14.7. The predicted molar refractivity (Wildman–Crippen MR) is 108 cm³/mol. The fourth-order valence-electron chi connectivity index (χ4n) is 2.18. The number of anilines is 2. The van der Waals surface area contributed by atoms with E-state index in [9.17, 15) is 4.79 Å². The Morgan fingerprint density at radius 3 is 2.00 bits per heavy atom. The highest BCUT2D eigenvalue weighted by atomic mass is 28.4. The number of carbonyl (C=O) groups is 1.